The molecule has 1 aliphatic carbocycles. The fraction of sp³-hybridized carbons (Fsp3) is 0.500. The molecule has 1 aliphatic rings. The molecule has 0 aliphatic heterocycles. The van der Waals surface area contributed by atoms with Gasteiger partial charge in [-0.1, -0.05) is 0 Å². The summed E-state index contributed by atoms with van der Waals surface area (Å²) in [5.41, 5.74) is 7.58. The van der Waals surface area contributed by atoms with Crippen LogP contribution in [-0.2, 0) is 11.2 Å². The standard InChI is InChI=1S/C10H13NO3/c1-5-9-6(4-8(12)13)2-3-7(9)14-10(5)11/h6H,2-4,11H2,1H3,(H,12,13). The average molecular weight is 195 g/mol. The number of carbonyl (C=O) groups is 1. The van der Waals surface area contributed by atoms with E-state index in [2.05, 4.69) is 0 Å². The van der Waals surface area contributed by atoms with Gasteiger partial charge in [-0.25, -0.2) is 0 Å². The van der Waals surface area contributed by atoms with Gasteiger partial charge in [0.2, 0.25) is 0 Å². The minimum atomic E-state index is -0.762. The number of rotatable bonds is 2. The Morgan fingerprint density at radius 1 is 1.71 bits per heavy atom. The highest BCUT2D eigenvalue weighted by Gasteiger charge is 2.30. The Balaban J connectivity index is 2.32. The van der Waals surface area contributed by atoms with Gasteiger partial charge in [-0.3, -0.25) is 4.79 Å². The molecule has 0 radical (unpaired) electrons. The molecule has 1 atom stereocenters. The Bertz CT molecular complexity index is 381. The molecule has 3 N–H and O–H groups in total. The summed E-state index contributed by atoms with van der Waals surface area (Å²) in [5, 5.41) is 8.74. The number of nitrogens with two attached hydrogens (primary N) is 1. The van der Waals surface area contributed by atoms with Gasteiger partial charge in [-0.05, 0) is 19.3 Å². The van der Waals surface area contributed by atoms with Crippen molar-refractivity contribution in [3.05, 3.63) is 16.9 Å². The van der Waals surface area contributed by atoms with Crippen molar-refractivity contribution >= 4 is 11.9 Å². The zero-order chi connectivity index (χ0) is 10.3. The fourth-order valence-electron chi connectivity index (χ4n) is 2.19. The van der Waals surface area contributed by atoms with Crippen molar-refractivity contribution in [3.63, 3.8) is 0 Å². The average Bonchev–Trinajstić information content (AvgIpc) is 2.57. The largest absolute Gasteiger partial charge is 0.481 e. The smallest absolute Gasteiger partial charge is 0.303 e. The van der Waals surface area contributed by atoms with Crippen LogP contribution in [0.3, 0.4) is 0 Å². The number of aryl methyl sites for hydroxylation is 1. The molecule has 0 aromatic carbocycles. The lowest BCUT2D eigenvalue weighted by molar-refractivity contribution is -0.137. The normalized spacial score (nSPS) is 19.6. The molecule has 0 saturated carbocycles. The molecule has 1 unspecified atom stereocenters. The van der Waals surface area contributed by atoms with E-state index in [1.165, 1.54) is 0 Å². The second kappa shape index (κ2) is 3.04. The maximum absolute atomic E-state index is 10.6. The Hall–Kier alpha value is -1.45. The fourth-order valence-corrected chi connectivity index (χ4v) is 2.19. The predicted octanol–water partition coefficient (Wildman–Crippen LogP) is 1.67. The third-order valence-corrected chi connectivity index (χ3v) is 2.86. The van der Waals surface area contributed by atoms with Crippen molar-refractivity contribution in [2.45, 2.75) is 32.1 Å². The van der Waals surface area contributed by atoms with Crippen molar-refractivity contribution in [1.82, 2.24) is 0 Å². The summed E-state index contributed by atoms with van der Waals surface area (Å²) in [6.07, 6.45) is 1.85. The molecule has 76 valence electrons. The highest BCUT2D eigenvalue weighted by molar-refractivity contribution is 5.69. The number of hydrogen-bond acceptors (Lipinski definition) is 3. The lowest BCUT2D eigenvalue weighted by Gasteiger charge is -2.06. The van der Waals surface area contributed by atoms with Gasteiger partial charge < -0.3 is 15.3 Å². The van der Waals surface area contributed by atoms with Gasteiger partial charge in [0.05, 0.1) is 6.42 Å². The lowest BCUT2D eigenvalue weighted by Crippen LogP contribution is -2.04. The van der Waals surface area contributed by atoms with E-state index in [1.807, 2.05) is 6.92 Å². The van der Waals surface area contributed by atoms with Crippen LogP contribution >= 0.6 is 0 Å². The molecule has 0 saturated heterocycles. The number of nitrogen functional groups attached to an aromatic ring is 1. The molecule has 0 fully saturated rings. The Kier molecular flexibility index (Phi) is 1.98. The summed E-state index contributed by atoms with van der Waals surface area (Å²) in [6, 6.07) is 0. The molecule has 4 nitrogen and oxygen atoms in total. The number of fused-ring (bicyclic) bond motifs is 1. The molecule has 14 heavy (non-hydrogen) atoms. The van der Waals surface area contributed by atoms with Gasteiger partial charge in [0, 0.05) is 17.5 Å². The van der Waals surface area contributed by atoms with Crippen molar-refractivity contribution < 1.29 is 14.3 Å². The van der Waals surface area contributed by atoms with Crippen molar-refractivity contribution in [1.29, 1.82) is 0 Å². The second-order valence-electron chi connectivity index (χ2n) is 3.76. The van der Waals surface area contributed by atoms with Crippen molar-refractivity contribution in [3.8, 4) is 0 Å². The summed E-state index contributed by atoms with van der Waals surface area (Å²) in [7, 11) is 0. The molecule has 1 heterocycles. The summed E-state index contributed by atoms with van der Waals surface area (Å²) >= 11 is 0. The van der Waals surface area contributed by atoms with E-state index in [0.29, 0.717) is 5.88 Å². The number of aliphatic carboxylic acids is 1. The molecule has 2 rings (SSSR count). The van der Waals surface area contributed by atoms with Crippen molar-refractivity contribution in [2.75, 3.05) is 5.73 Å². The van der Waals surface area contributed by atoms with E-state index in [0.717, 1.165) is 29.7 Å². The van der Waals surface area contributed by atoms with E-state index in [1.54, 1.807) is 0 Å². The highest BCUT2D eigenvalue weighted by atomic mass is 16.4. The number of carboxylic acids is 1. The topological polar surface area (TPSA) is 76.5 Å². The second-order valence-corrected chi connectivity index (χ2v) is 3.76. The van der Waals surface area contributed by atoms with E-state index in [9.17, 15) is 4.79 Å². The number of hydrogen-bond donors (Lipinski definition) is 2. The quantitative estimate of drug-likeness (QED) is 0.752. The number of furan rings is 1. The van der Waals surface area contributed by atoms with Gasteiger partial charge in [-0.2, -0.15) is 0 Å². The first kappa shape index (κ1) is 9.12. The van der Waals surface area contributed by atoms with E-state index < -0.39 is 5.97 Å². The first-order valence-electron chi connectivity index (χ1n) is 4.69. The first-order valence-corrected chi connectivity index (χ1v) is 4.69. The molecular formula is C10H13NO3. The van der Waals surface area contributed by atoms with Crippen LogP contribution in [0.2, 0.25) is 0 Å². The Morgan fingerprint density at radius 3 is 3.07 bits per heavy atom. The van der Waals surface area contributed by atoms with Crippen LogP contribution in [0.25, 0.3) is 0 Å². The maximum atomic E-state index is 10.6. The first-order chi connectivity index (χ1) is 6.59. The van der Waals surface area contributed by atoms with Gasteiger partial charge in [0.25, 0.3) is 0 Å². The maximum Gasteiger partial charge on any atom is 0.303 e. The van der Waals surface area contributed by atoms with Crippen LogP contribution < -0.4 is 5.73 Å². The van der Waals surface area contributed by atoms with E-state index in [-0.39, 0.29) is 12.3 Å². The van der Waals surface area contributed by atoms with Gasteiger partial charge >= 0.3 is 5.97 Å². The zero-order valence-corrected chi connectivity index (χ0v) is 8.04. The summed E-state index contributed by atoms with van der Waals surface area (Å²) in [6.45, 7) is 1.89. The minimum absolute atomic E-state index is 0.0866. The molecule has 0 spiro atoms. The van der Waals surface area contributed by atoms with Crippen LogP contribution in [0.4, 0.5) is 5.88 Å². The number of carboxylic acid groups (broad SMARTS) is 1. The number of anilines is 1. The van der Waals surface area contributed by atoms with Crippen LogP contribution in [0.15, 0.2) is 4.42 Å². The summed E-state index contributed by atoms with van der Waals surface area (Å²) in [5.74, 6) is 0.641. The van der Waals surface area contributed by atoms with E-state index >= 15 is 0 Å². The molecule has 0 bridgehead atoms. The summed E-state index contributed by atoms with van der Waals surface area (Å²) in [4.78, 5) is 10.6. The van der Waals surface area contributed by atoms with Crippen LogP contribution in [0.1, 0.15) is 35.6 Å². The molecule has 4 heteroatoms. The van der Waals surface area contributed by atoms with Crippen LogP contribution in [-0.4, -0.2) is 11.1 Å². The van der Waals surface area contributed by atoms with Crippen LogP contribution in [0.5, 0.6) is 0 Å². The Morgan fingerprint density at radius 2 is 2.43 bits per heavy atom. The highest BCUT2D eigenvalue weighted by Crippen LogP contribution is 2.41. The monoisotopic (exact) mass is 195 g/mol. The molecule has 1 aromatic rings. The predicted molar refractivity (Wildman–Crippen MR) is 51.2 cm³/mol. The van der Waals surface area contributed by atoms with Crippen molar-refractivity contribution in [2.24, 2.45) is 0 Å². The van der Waals surface area contributed by atoms with Crippen LogP contribution in [0, 0.1) is 6.92 Å². The lowest BCUT2D eigenvalue weighted by atomic mass is 9.97. The van der Waals surface area contributed by atoms with Gasteiger partial charge in [-0.15, -0.1) is 0 Å². The molecule has 1 aromatic heterocycles. The minimum Gasteiger partial charge on any atom is -0.481 e. The van der Waals surface area contributed by atoms with E-state index in [4.69, 9.17) is 15.3 Å². The Labute approximate surface area is 81.7 Å². The molecule has 0 amide bonds. The summed E-state index contributed by atoms with van der Waals surface area (Å²) < 4.78 is 5.35. The van der Waals surface area contributed by atoms with Gasteiger partial charge in [0.1, 0.15) is 5.76 Å². The SMILES string of the molecule is Cc1c(N)oc2c1C(CC(=O)O)CC2. The third kappa shape index (κ3) is 1.27. The molecular weight excluding hydrogens is 182 g/mol. The van der Waals surface area contributed by atoms with Gasteiger partial charge in [0.15, 0.2) is 5.88 Å². The third-order valence-electron chi connectivity index (χ3n) is 2.86. The zero-order valence-electron chi connectivity index (χ0n) is 8.04.